The molecule has 1 aliphatic carbocycles. The fraction of sp³-hybridized carbons (Fsp3) is 0.233. The molecule has 1 aromatic heterocycles. The van der Waals surface area contributed by atoms with Crippen molar-refractivity contribution < 1.29 is 9.18 Å². The first-order chi connectivity index (χ1) is 16.6. The lowest BCUT2D eigenvalue weighted by Gasteiger charge is -2.30. The molecule has 34 heavy (non-hydrogen) atoms. The molecule has 0 saturated carbocycles. The molecule has 2 aliphatic rings. The highest BCUT2D eigenvalue weighted by atomic mass is 32.1. The van der Waals surface area contributed by atoms with Gasteiger partial charge in [-0.2, -0.15) is 0 Å². The molecule has 2 nitrogen and oxygen atoms in total. The summed E-state index contributed by atoms with van der Waals surface area (Å²) in [7, 11) is 0. The van der Waals surface area contributed by atoms with Gasteiger partial charge in [0, 0.05) is 33.5 Å². The third-order valence-corrected chi connectivity index (χ3v) is 8.55. The Morgan fingerprint density at radius 2 is 1.79 bits per heavy atom. The smallest absolute Gasteiger partial charge is 0.227 e. The summed E-state index contributed by atoms with van der Waals surface area (Å²) in [5.74, 6) is 0.0541. The minimum atomic E-state index is -0.298. The predicted molar refractivity (Wildman–Crippen MR) is 137 cm³/mol. The highest BCUT2D eigenvalue weighted by molar-refractivity contribution is 7.22. The summed E-state index contributed by atoms with van der Waals surface area (Å²) >= 11 is 1.68. The maximum absolute atomic E-state index is 15.8. The quantitative estimate of drug-likeness (QED) is 0.283. The van der Waals surface area contributed by atoms with Crippen molar-refractivity contribution in [2.24, 2.45) is 17.8 Å². The Bertz CT molecular complexity index is 1360. The van der Waals surface area contributed by atoms with E-state index in [4.69, 9.17) is 0 Å². The van der Waals surface area contributed by atoms with Gasteiger partial charge in [0.1, 0.15) is 5.82 Å². The van der Waals surface area contributed by atoms with Crippen LogP contribution in [0.25, 0.3) is 20.5 Å². The molecular formula is C30H26FNOS. The van der Waals surface area contributed by atoms with E-state index in [1.807, 2.05) is 59.5 Å². The summed E-state index contributed by atoms with van der Waals surface area (Å²) in [5, 5.41) is 1.17. The number of carbonyl (C=O) groups excluding carboxylic acids is 1. The molecule has 170 valence electrons. The zero-order chi connectivity index (χ0) is 23.2. The molecule has 0 N–H and O–H groups in total. The lowest BCUT2D eigenvalue weighted by Crippen LogP contribution is -2.31. The summed E-state index contributed by atoms with van der Waals surface area (Å²) in [5.41, 5.74) is 2.56. The molecular weight excluding hydrogens is 441 g/mol. The zero-order valence-corrected chi connectivity index (χ0v) is 19.8. The summed E-state index contributed by atoms with van der Waals surface area (Å²) in [6.45, 7) is 2.64. The molecule has 1 fully saturated rings. The number of allylic oxidation sites excluding steroid dienone is 1. The van der Waals surface area contributed by atoms with Crippen molar-refractivity contribution in [3.8, 4) is 10.4 Å². The second-order valence-electron chi connectivity index (χ2n) is 9.53. The van der Waals surface area contributed by atoms with Crippen LogP contribution >= 0.6 is 11.3 Å². The SMILES string of the molecule is C[C@H]1CC=C[C@@H]2[C@@H]1C(=O)N(Cc1ccccc1)[C@H]2c1ccc(-c2cc3ccccc3s2)cc1F. The molecule has 2 heterocycles. The molecule has 4 aromatic rings. The molecule has 1 aliphatic heterocycles. The fourth-order valence-corrected chi connectivity index (χ4v) is 6.78. The van der Waals surface area contributed by atoms with Crippen molar-refractivity contribution in [2.75, 3.05) is 0 Å². The fourth-order valence-electron chi connectivity index (χ4n) is 5.72. The third kappa shape index (κ3) is 3.57. The van der Waals surface area contributed by atoms with Crippen LogP contribution < -0.4 is 0 Å². The number of hydrogen-bond donors (Lipinski definition) is 0. The maximum atomic E-state index is 15.8. The molecule has 1 saturated heterocycles. The lowest BCUT2D eigenvalue weighted by molar-refractivity contribution is -0.134. The Kier molecular flexibility index (Phi) is 5.34. The van der Waals surface area contributed by atoms with E-state index in [-0.39, 0.29) is 35.5 Å². The molecule has 0 spiro atoms. The topological polar surface area (TPSA) is 20.3 Å². The van der Waals surface area contributed by atoms with E-state index >= 15 is 4.39 Å². The van der Waals surface area contributed by atoms with Gasteiger partial charge >= 0.3 is 0 Å². The summed E-state index contributed by atoms with van der Waals surface area (Å²) in [4.78, 5) is 16.6. The number of carbonyl (C=O) groups is 1. The van der Waals surface area contributed by atoms with Crippen LogP contribution in [0.1, 0.15) is 30.5 Å². The van der Waals surface area contributed by atoms with Crippen molar-refractivity contribution >= 4 is 27.3 Å². The molecule has 0 unspecified atom stereocenters. The highest BCUT2D eigenvalue weighted by Gasteiger charge is 2.50. The van der Waals surface area contributed by atoms with Crippen molar-refractivity contribution in [2.45, 2.75) is 25.9 Å². The minimum absolute atomic E-state index is 0.00959. The molecule has 0 bridgehead atoms. The van der Waals surface area contributed by atoms with Gasteiger partial charge in [-0.05, 0) is 47.1 Å². The number of rotatable bonds is 4. The van der Waals surface area contributed by atoms with E-state index < -0.39 is 0 Å². The van der Waals surface area contributed by atoms with Gasteiger partial charge in [0.2, 0.25) is 5.91 Å². The van der Waals surface area contributed by atoms with Crippen LogP contribution in [0.3, 0.4) is 0 Å². The second-order valence-corrected chi connectivity index (χ2v) is 10.6. The number of benzene rings is 3. The van der Waals surface area contributed by atoms with Crippen LogP contribution in [-0.2, 0) is 11.3 Å². The number of hydrogen-bond acceptors (Lipinski definition) is 2. The first-order valence-electron chi connectivity index (χ1n) is 11.9. The zero-order valence-electron chi connectivity index (χ0n) is 19.0. The van der Waals surface area contributed by atoms with Gasteiger partial charge in [0.25, 0.3) is 0 Å². The number of halogens is 1. The Morgan fingerprint density at radius 3 is 2.59 bits per heavy atom. The normalized spacial score (nSPS) is 24.1. The number of thiophene rings is 1. The van der Waals surface area contributed by atoms with E-state index in [1.54, 1.807) is 17.4 Å². The Hall–Kier alpha value is -3.24. The van der Waals surface area contributed by atoms with Gasteiger partial charge in [0.05, 0.1) is 6.04 Å². The molecule has 4 atom stereocenters. The van der Waals surface area contributed by atoms with Crippen LogP contribution in [0.15, 0.2) is 91.0 Å². The Balaban J connectivity index is 1.40. The summed E-state index contributed by atoms with van der Waals surface area (Å²) in [6, 6.07) is 25.6. The summed E-state index contributed by atoms with van der Waals surface area (Å²) < 4.78 is 17.0. The van der Waals surface area contributed by atoms with Gasteiger partial charge in [0.15, 0.2) is 0 Å². The predicted octanol–water partition coefficient (Wildman–Crippen LogP) is 7.62. The first kappa shape index (κ1) is 21.3. The van der Waals surface area contributed by atoms with Gasteiger partial charge in [-0.3, -0.25) is 4.79 Å². The van der Waals surface area contributed by atoms with Gasteiger partial charge in [-0.1, -0.05) is 79.7 Å². The standard InChI is InChI=1S/C30H26FNOS/c1-19-8-7-12-24-28(19)30(33)32(18-20-9-3-2-4-10-20)29(24)23-15-14-22(16-25(23)31)27-17-21-11-5-6-13-26(21)34-27/h2-7,9-17,19,24,28-29H,8,18H2,1H3/t19-,24+,28+,29-/m0/s1. The van der Waals surface area contributed by atoms with Crippen LogP contribution in [0.4, 0.5) is 4.39 Å². The van der Waals surface area contributed by atoms with E-state index in [9.17, 15) is 4.79 Å². The first-order valence-corrected chi connectivity index (χ1v) is 12.7. The van der Waals surface area contributed by atoms with E-state index in [0.717, 1.165) is 22.4 Å². The molecule has 0 radical (unpaired) electrons. The Labute approximate surface area is 203 Å². The van der Waals surface area contributed by atoms with E-state index in [2.05, 4.69) is 37.3 Å². The average molecular weight is 468 g/mol. The van der Waals surface area contributed by atoms with Crippen molar-refractivity contribution in [3.63, 3.8) is 0 Å². The molecule has 4 heteroatoms. The van der Waals surface area contributed by atoms with Crippen LogP contribution in [0, 0.1) is 23.6 Å². The van der Waals surface area contributed by atoms with Crippen LogP contribution in [0.2, 0.25) is 0 Å². The molecule has 3 aromatic carbocycles. The number of nitrogens with zero attached hydrogens (tertiary/aromatic N) is 1. The Morgan fingerprint density at radius 1 is 1.00 bits per heavy atom. The van der Waals surface area contributed by atoms with Gasteiger partial charge < -0.3 is 4.90 Å². The minimum Gasteiger partial charge on any atom is -0.330 e. The van der Waals surface area contributed by atoms with Crippen LogP contribution in [-0.4, -0.2) is 10.8 Å². The third-order valence-electron chi connectivity index (χ3n) is 7.39. The largest absolute Gasteiger partial charge is 0.330 e. The second kappa shape index (κ2) is 8.52. The van der Waals surface area contributed by atoms with Crippen LogP contribution in [0.5, 0.6) is 0 Å². The molecule has 1 amide bonds. The highest BCUT2D eigenvalue weighted by Crippen LogP contribution is 2.49. The number of likely N-dealkylation sites (tertiary alicyclic amines) is 1. The number of fused-ring (bicyclic) bond motifs is 2. The van der Waals surface area contributed by atoms with Crippen molar-refractivity contribution in [3.05, 3.63) is 108 Å². The van der Waals surface area contributed by atoms with E-state index in [0.29, 0.717) is 12.1 Å². The van der Waals surface area contributed by atoms with E-state index in [1.165, 1.54) is 10.1 Å². The molecule has 6 rings (SSSR count). The van der Waals surface area contributed by atoms with Crippen molar-refractivity contribution in [1.29, 1.82) is 0 Å². The summed E-state index contributed by atoms with van der Waals surface area (Å²) in [6.07, 6.45) is 5.21. The average Bonchev–Trinajstić information content (AvgIpc) is 3.40. The number of amides is 1. The van der Waals surface area contributed by atoms with Gasteiger partial charge in [-0.25, -0.2) is 4.39 Å². The maximum Gasteiger partial charge on any atom is 0.227 e. The lowest BCUT2D eigenvalue weighted by atomic mass is 9.75. The monoisotopic (exact) mass is 467 g/mol. The van der Waals surface area contributed by atoms with Gasteiger partial charge in [-0.15, -0.1) is 11.3 Å². The van der Waals surface area contributed by atoms with Crippen molar-refractivity contribution in [1.82, 2.24) is 4.90 Å².